The van der Waals surface area contributed by atoms with Crippen LogP contribution in [0.1, 0.15) is 18.5 Å². The molecule has 0 bridgehead atoms. The molecule has 1 atom stereocenters. The molecule has 0 saturated heterocycles. The van der Waals surface area contributed by atoms with Gasteiger partial charge in [0, 0.05) is 12.4 Å². The second kappa shape index (κ2) is 5.14. The molecule has 17 heavy (non-hydrogen) atoms. The van der Waals surface area contributed by atoms with E-state index in [-0.39, 0.29) is 11.8 Å². The normalized spacial score (nSPS) is 12.1. The van der Waals surface area contributed by atoms with E-state index in [1.165, 1.54) is 0 Å². The van der Waals surface area contributed by atoms with E-state index in [9.17, 15) is 5.11 Å². The number of rotatable bonds is 3. The van der Waals surface area contributed by atoms with Gasteiger partial charge in [0.25, 0.3) is 0 Å². The van der Waals surface area contributed by atoms with Crippen LogP contribution in [0.5, 0.6) is 5.75 Å². The van der Waals surface area contributed by atoms with Crippen LogP contribution in [0.2, 0.25) is 0 Å². The SMILES string of the molecule is C[C@H](Nc1ncc(Br)cn1)c1cccc(O)c1. The van der Waals surface area contributed by atoms with E-state index in [1.54, 1.807) is 24.5 Å². The summed E-state index contributed by atoms with van der Waals surface area (Å²) >= 11 is 3.28. The number of benzene rings is 1. The van der Waals surface area contributed by atoms with E-state index in [0.717, 1.165) is 10.0 Å². The second-order valence-corrected chi connectivity index (χ2v) is 4.60. The van der Waals surface area contributed by atoms with E-state index in [2.05, 4.69) is 31.2 Å². The van der Waals surface area contributed by atoms with Crippen LogP contribution in [0, 0.1) is 0 Å². The lowest BCUT2D eigenvalue weighted by Crippen LogP contribution is -2.08. The van der Waals surface area contributed by atoms with Crippen molar-refractivity contribution in [3.8, 4) is 5.75 Å². The van der Waals surface area contributed by atoms with Crippen molar-refractivity contribution in [2.45, 2.75) is 13.0 Å². The zero-order chi connectivity index (χ0) is 12.3. The first-order valence-electron chi connectivity index (χ1n) is 5.18. The Labute approximate surface area is 108 Å². The molecule has 0 amide bonds. The lowest BCUT2D eigenvalue weighted by atomic mass is 10.1. The standard InChI is InChI=1S/C12H12BrN3O/c1-8(9-3-2-4-11(17)5-9)16-12-14-6-10(13)7-15-12/h2-8,17H,1H3,(H,14,15,16)/t8-/m0/s1. The van der Waals surface area contributed by atoms with Crippen molar-refractivity contribution in [2.24, 2.45) is 0 Å². The van der Waals surface area contributed by atoms with Gasteiger partial charge in [-0.15, -0.1) is 0 Å². The Morgan fingerprint density at radius 3 is 2.65 bits per heavy atom. The van der Waals surface area contributed by atoms with Crippen molar-refractivity contribution in [3.63, 3.8) is 0 Å². The maximum atomic E-state index is 9.40. The Hall–Kier alpha value is -1.62. The number of aromatic nitrogens is 2. The highest BCUT2D eigenvalue weighted by molar-refractivity contribution is 9.10. The number of anilines is 1. The van der Waals surface area contributed by atoms with Crippen molar-refractivity contribution >= 4 is 21.9 Å². The van der Waals surface area contributed by atoms with E-state index in [4.69, 9.17) is 0 Å². The molecule has 1 aromatic carbocycles. The van der Waals surface area contributed by atoms with Crippen LogP contribution in [0.25, 0.3) is 0 Å². The Bertz CT molecular complexity index is 501. The minimum absolute atomic E-state index is 0.0308. The van der Waals surface area contributed by atoms with Gasteiger partial charge in [-0.05, 0) is 40.5 Å². The molecule has 0 saturated carbocycles. The van der Waals surface area contributed by atoms with Crippen LogP contribution >= 0.6 is 15.9 Å². The van der Waals surface area contributed by atoms with Gasteiger partial charge < -0.3 is 10.4 Å². The molecule has 2 rings (SSSR count). The molecule has 4 nitrogen and oxygen atoms in total. The first-order chi connectivity index (χ1) is 8.15. The van der Waals surface area contributed by atoms with Crippen LogP contribution in [-0.4, -0.2) is 15.1 Å². The number of hydrogen-bond donors (Lipinski definition) is 2. The van der Waals surface area contributed by atoms with E-state index in [1.807, 2.05) is 19.1 Å². The molecular formula is C12H12BrN3O. The minimum Gasteiger partial charge on any atom is -0.508 e. The van der Waals surface area contributed by atoms with Gasteiger partial charge in [-0.2, -0.15) is 0 Å². The molecule has 0 spiro atoms. The van der Waals surface area contributed by atoms with Gasteiger partial charge in [-0.1, -0.05) is 12.1 Å². The highest BCUT2D eigenvalue weighted by Gasteiger charge is 2.07. The maximum absolute atomic E-state index is 9.40. The summed E-state index contributed by atoms with van der Waals surface area (Å²) < 4.78 is 0.841. The lowest BCUT2D eigenvalue weighted by molar-refractivity contribution is 0.474. The van der Waals surface area contributed by atoms with Gasteiger partial charge in [-0.3, -0.25) is 0 Å². The number of nitrogens with zero attached hydrogens (tertiary/aromatic N) is 2. The van der Waals surface area contributed by atoms with Gasteiger partial charge in [0.1, 0.15) is 5.75 Å². The van der Waals surface area contributed by atoms with E-state index < -0.39 is 0 Å². The zero-order valence-corrected chi connectivity index (χ0v) is 10.8. The fourth-order valence-electron chi connectivity index (χ4n) is 1.46. The number of nitrogens with one attached hydrogen (secondary N) is 1. The number of phenols is 1. The number of phenolic OH excluding ortho intramolecular Hbond substituents is 1. The fourth-order valence-corrected chi connectivity index (χ4v) is 1.66. The van der Waals surface area contributed by atoms with Gasteiger partial charge in [0.15, 0.2) is 0 Å². The lowest BCUT2D eigenvalue weighted by Gasteiger charge is -2.14. The van der Waals surface area contributed by atoms with Gasteiger partial charge in [0.05, 0.1) is 10.5 Å². The van der Waals surface area contributed by atoms with Crippen molar-refractivity contribution in [1.29, 1.82) is 0 Å². The molecule has 0 aliphatic heterocycles. The third kappa shape index (κ3) is 3.17. The van der Waals surface area contributed by atoms with Gasteiger partial charge in [-0.25, -0.2) is 9.97 Å². The van der Waals surface area contributed by atoms with E-state index >= 15 is 0 Å². The van der Waals surface area contributed by atoms with Crippen molar-refractivity contribution < 1.29 is 5.11 Å². The highest BCUT2D eigenvalue weighted by Crippen LogP contribution is 2.20. The predicted octanol–water partition coefficient (Wildman–Crippen LogP) is 3.12. The quantitative estimate of drug-likeness (QED) is 0.913. The molecule has 0 radical (unpaired) electrons. The molecular weight excluding hydrogens is 282 g/mol. The summed E-state index contributed by atoms with van der Waals surface area (Å²) in [6.07, 6.45) is 3.37. The average Bonchev–Trinajstić information content (AvgIpc) is 2.32. The van der Waals surface area contributed by atoms with Gasteiger partial charge >= 0.3 is 0 Å². The smallest absolute Gasteiger partial charge is 0.223 e. The first kappa shape index (κ1) is 11.9. The molecule has 5 heteroatoms. The molecule has 1 heterocycles. The minimum atomic E-state index is 0.0308. The molecule has 88 valence electrons. The predicted molar refractivity (Wildman–Crippen MR) is 69.9 cm³/mol. The van der Waals surface area contributed by atoms with Crippen LogP contribution in [0.3, 0.4) is 0 Å². The third-order valence-electron chi connectivity index (χ3n) is 2.34. The van der Waals surface area contributed by atoms with Crippen LogP contribution in [0.15, 0.2) is 41.1 Å². The summed E-state index contributed by atoms with van der Waals surface area (Å²) in [5, 5.41) is 12.6. The highest BCUT2D eigenvalue weighted by atomic mass is 79.9. The largest absolute Gasteiger partial charge is 0.508 e. The molecule has 0 fully saturated rings. The summed E-state index contributed by atoms with van der Waals surface area (Å²) in [6.45, 7) is 1.99. The fraction of sp³-hybridized carbons (Fsp3) is 0.167. The molecule has 0 aliphatic carbocycles. The van der Waals surface area contributed by atoms with Gasteiger partial charge in [0.2, 0.25) is 5.95 Å². The monoisotopic (exact) mass is 293 g/mol. The molecule has 0 aliphatic rings. The number of aromatic hydroxyl groups is 1. The molecule has 2 aromatic rings. The zero-order valence-electron chi connectivity index (χ0n) is 9.26. The number of halogens is 1. The molecule has 1 aromatic heterocycles. The Morgan fingerprint density at radius 2 is 2.00 bits per heavy atom. The van der Waals surface area contributed by atoms with Crippen molar-refractivity contribution in [2.75, 3.05) is 5.32 Å². The Morgan fingerprint density at radius 1 is 1.29 bits per heavy atom. The average molecular weight is 294 g/mol. The number of hydrogen-bond acceptors (Lipinski definition) is 4. The summed E-state index contributed by atoms with van der Waals surface area (Å²) in [6, 6.07) is 7.15. The Kier molecular flexibility index (Phi) is 3.58. The van der Waals surface area contributed by atoms with Crippen LogP contribution in [0.4, 0.5) is 5.95 Å². The molecule has 2 N–H and O–H groups in total. The third-order valence-corrected chi connectivity index (χ3v) is 2.75. The van der Waals surface area contributed by atoms with Crippen LogP contribution < -0.4 is 5.32 Å². The van der Waals surface area contributed by atoms with Crippen molar-refractivity contribution in [1.82, 2.24) is 9.97 Å². The van der Waals surface area contributed by atoms with E-state index in [0.29, 0.717) is 5.95 Å². The summed E-state index contributed by atoms with van der Waals surface area (Å²) in [5.74, 6) is 0.817. The molecule has 0 unspecified atom stereocenters. The summed E-state index contributed by atoms with van der Waals surface area (Å²) in [5.41, 5.74) is 0.983. The second-order valence-electron chi connectivity index (χ2n) is 3.69. The topological polar surface area (TPSA) is 58.0 Å². The summed E-state index contributed by atoms with van der Waals surface area (Å²) in [7, 11) is 0. The first-order valence-corrected chi connectivity index (χ1v) is 5.97. The summed E-state index contributed by atoms with van der Waals surface area (Å²) in [4.78, 5) is 8.27. The maximum Gasteiger partial charge on any atom is 0.223 e. The van der Waals surface area contributed by atoms with Crippen molar-refractivity contribution in [3.05, 3.63) is 46.7 Å². The Balaban J connectivity index is 2.11. The van der Waals surface area contributed by atoms with Crippen LogP contribution in [-0.2, 0) is 0 Å².